The molecule has 2 rings (SSSR count). The maximum atomic E-state index is 12.1. The Labute approximate surface area is 164 Å². The summed E-state index contributed by atoms with van der Waals surface area (Å²) in [5.74, 6) is 0.455. The number of rotatable bonds is 6. The Kier molecular flexibility index (Phi) is 7.31. The molecule has 0 atom stereocenters. The summed E-state index contributed by atoms with van der Waals surface area (Å²) in [6.07, 6.45) is 0.606. The van der Waals surface area contributed by atoms with Gasteiger partial charge in [-0.25, -0.2) is 0 Å². The fourth-order valence-electron chi connectivity index (χ4n) is 2.33. The van der Waals surface area contributed by atoms with E-state index in [4.69, 9.17) is 17.0 Å². The lowest BCUT2D eigenvalue weighted by Gasteiger charge is -2.13. The average Bonchev–Trinajstić information content (AvgIpc) is 2.64. The molecule has 0 radical (unpaired) electrons. The van der Waals surface area contributed by atoms with Crippen LogP contribution in [0.1, 0.15) is 24.5 Å². The molecule has 0 bridgehead atoms. The smallest absolute Gasteiger partial charge is 0.230 e. The molecular formula is C20H23N3O3S. The van der Waals surface area contributed by atoms with Crippen molar-refractivity contribution in [3.05, 3.63) is 53.6 Å². The lowest BCUT2D eigenvalue weighted by atomic mass is 10.1. The summed E-state index contributed by atoms with van der Waals surface area (Å²) in [6.45, 7) is 3.70. The Bertz CT molecular complexity index is 835. The molecule has 0 aromatic heterocycles. The van der Waals surface area contributed by atoms with Gasteiger partial charge in [0.2, 0.25) is 11.8 Å². The van der Waals surface area contributed by atoms with Gasteiger partial charge in [0.1, 0.15) is 5.75 Å². The molecule has 0 saturated carbocycles. The number of anilines is 2. The number of ether oxygens (including phenoxy) is 1. The van der Waals surface area contributed by atoms with Crippen molar-refractivity contribution in [2.75, 3.05) is 17.7 Å². The van der Waals surface area contributed by atoms with E-state index in [0.717, 1.165) is 16.9 Å². The van der Waals surface area contributed by atoms with Crippen molar-refractivity contribution in [2.45, 2.75) is 26.7 Å². The SMILES string of the molecule is CCC(=O)Nc1cc(NC(=S)NC(=O)Cc2ccc(OC)cc2)ccc1C. The summed E-state index contributed by atoms with van der Waals surface area (Å²) in [4.78, 5) is 23.8. The van der Waals surface area contributed by atoms with Gasteiger partial charge in [-0.1, -0.05) is 25.1 Å². The third kappa shape index (κ3) is 6.38. The topological polar surface area (TPSA) is 79.5 Å². The number of carbonyl (C=O) groups is 2. The first kappa shape index (κ1) is 20.4. The summed E-state index contributed by atoms with van der Waals surface area (Å²) in [6, 6.07) is 12.8. The Morgan fingerprint density at radius 3 is 2.37 bits per heavy atom. The second-order valence-corrected chi connectivity index (χ2v) is 6.37. The third-order valence-corrected chi connectivity index (χ3v) is 4.07. The van der Waals surface area contributed by atoms with Crippen LogP contribution in [-0.4, -0.2) is 24.0 Å². The van der Waals surface area contributed by atoms with Crippen LogP contribution in [-0.2, 0) is 16.0 Å². The highest BCUT2D eigenvalue weighted by Crippen LogP contribution is 2.20. The first-order valence-corrected chi connectivity index (χ1v) is 8.96. The number of methoxy groups -OCH3 is 1. The predicted octanol–water partition coefficient (Wildman–Crippen LogP) is 3.41. The highest BCUT2D eigenvalue weighted by Gasteiger charge is 2.08. The van der Waals surface area contributed by atoms with E-state index in [0.29, 0.717) is 17.8 Å². The summed E-state index contributed by atoms with van der Waals surface area (Å²) in [5.41, 5.74) is 3.19. The van der Waals surface area contributed by atoms with Gasteiger partial charge in [-0.2, -0.15) is 0 Å². The largest absolute Gasteiger partial charge is 0.497 e. The zero-order chi connectivity index (χ0) is 19.8. The normalized spacial score (nSPS) is 10.0. The molecule has 142 valence electrons. The van der Waals surface area contributed by atoms with Crippen LogP contribution in [0.5, 0.6) is 5.75 Å². The van der Waals surface area contributed by atoms with Gasteiger partial charge in [-0.15, -0.1) is 0 Å². The molecule has 7 heteroatoms. The molecule has 3 N–H and O–H groups in total. The van der Waals surface area contributed by atoms with Crippen LogP contribution < -0.4 is 20.7 Å². The van der Waals surface area contributed by atoms with E-state index in [2.05, 4.69) is 16.0 Å². The second-order valence-electron chi connectivity index (χ2n) is 5.96. The summed E-state index contributed by atoms with van der Waals surface area (Å²) < 4.78 is 5.10. The molecular weight excluding hydrogens is 362 g/mol. The van der Waals surface area contributed by atoms with Crippen molar-refractivity contribution >= 4 is 40.5 Å². The van der Waals surface area contributed by atoms with Crippen molar-refractivity contribution in [1.29, 1.82) is 0 Å². The van der Waals surface area contributed by atoms with Gasteiger partial charge in [0.25, 0.3) is 0 Å². The highest BCUT2D eigenvalue weighted by molar-refractivity contribution is 7.80. The van der Waals surface area contributed by atoms with E-state index >= 15 is 0 Å². The summed E-state index contributed by atoms with van der Waals surface area (Å²) in [7, 11) is 1.59. The molecule has 0 spiro atoms. The first-order valence-electron chi connectivity index (χ1n) is 8.55. The molecule has 0 aliphatic rings. The first-order chi connectivity index (χ1) is 12.9. The molecule has 0 heterocycles. The van der Waals surface area contributed by atoms with Crippen LogP contribution >= 0.6 is 12.2 Å². The minimum atomic E-state index is -0.218. The van der Waals surface area contributed by atoms with Gasteiger partial charge >= 0.3 is 0 Å². The van der Waals surface area contributed by atoms with Gasteiger partial charge in [-0.05, 0) is 54.5 Å². The fraction of sp³-hybridized carbons (Fsp3) is 0.250. The Balaban J connectivity index is 1.93. The van der Waals surface area contributed by atoms with E-state index in [1.807, 2.05) is 31.2 Å². The monoisotopic (exact) mass is 385 g/mol. The van der Waals surface area contributed by atoms with Gasteiger partial charge < -0.3 is 20.7 Å². The molecule has 0 aliphatic carbocycles. The average molecular weight is 385 g/mol. The maximum absolute atomic E-state index is 12.1. The number of thiocarbonyl (C=S) groups is 1. The van der Waals surface area contributed by atoms with Crippen LogP contribution in [0.15, 0.2) is 42.5 Å². The van der Waals surface area contributed by atoms with Crippen LogP contribution in [0.3, 0.4) is 0 Å². The molecule has 2 aromatic carbocycles. The van der Waals surface area contributed by atoms with Gasteiger partial charge in [0.15, 0.2) is 5.11 Å². The Morgan fingerprint density at radius 1 is 1.04 bits per heavy atom. The van der Waals surface area contributed by atoms with E-state index in [-0.39, 0.29) is 23.3 Å². The molecule has 27 heavy (non-hydrogen) atoms. The molecule has 0 fully saturated rings. The minimum absolute atomic E-state index is 0.0642. The van der Waals surface area contributed by atoms with Crippen molar-refractivity contribution < 1.29 is 14.3 Å². The van der Waals surface area contributed by atoms with Crippen LogP contribution in [0.25, 0.3) is 0 Å². The highest BCUT2D eigenvalue weighted by atomic mass is 32.1. The van der Waals surface area contributed by atoms with Gasteiger partial charge in [0, 0.05) is 17.8 Å². The van der Waals surface area contributed by atoms with Crippen LogP contribution in [0.4, 0.5) is 11.4 Å². The number of hydrogen-bond acceptors (Lipinski definition) is 4. The molecule has 2 aromatic rings. The van der Waals surface area contributed by atoms with E-state index in [1.165, 1.54) is 0 Å². The number of carbonyl (C=O) groups excluding carboxylic acids is 2. The quantitative estimate of drug-likeness (QED) is 0.664. The van der Waals surface area contributed by atoms with Gasteiger partial charge in [-0.3, -0.25) is 9.59 Å². The zero-order valence-corrected chi connectivity index (χ0v) is 16.4. The Morgan fingerprint density at radius 2 is 1.74 bits per heavy atom. The summed E-state index contributed by atoms with van der Waals surface area (Å²) >= 11 is 5.20. The second kappa shape index (κ2) is 9.68. The summed E-state index contributed by atoms with van der Waals surface area (Å²) in [5, 5.41) is 8.65. The molecule has 2 amide bonds. The maximum Gasteiger partial charge on any atom is 0.230 e. The van der Waals surface area contributed by atoms with Crippen molar-refractivity contribution in [3.8, 4) is 5.75 Å². The molecule has 0 unspecified atom stereocenters. The zero-order valence-electron chi connectivity index (χ0n) is 15.6. The number of aryl methyl sites for hydroxylation is 1. The van der Waals surface area contributed by atoms with Crippen molar-refractivity contribution in [1.82, 2.24) is 5.32 Å². The molecule has 0 aliphatic heterocycles. The number of hydrogen-bond donors (Lipinski definition) is 3. The van der Waals surface area contributed by atoms with E-state index < -0.39 is 0 Å². The van der Waals surface area contributed by atoms with Crippen LogP contribution in [0, 0.1) is 6.92 Å². The van der Waals surface area contributed by atoms with E-state index in [9.17, 15) is 9.59 Å². The lowest BCUT2D eigenvalue weighted by molar-refractivity contribution is -0.119. The minimum Gasteiger partial charge on any atom is -0.497 e. The third-order valence-electron chi connectivity index (χ3n) is 3.87. The molecule has 6 nitrogen and oxygen atoms in total. The number of benzene rings is 2. The van der Waals surface area contributed by atoms with Crippen molar-refractivity contribution in [3.63, 3.8) is 0 Å². The number of amides is 2. The molecule has 0 saturated heterocycles. The fourth-order valence-corrected chi connectivity index (χ4v) is 2.57. The standard InChI is InChI=1S/C20H23N3O3S/c1-4-18(24)22-17-12-15(8-5-13(17)2)21-20(27)23-19(25)11-14-6-9-16(26-3)10-7-14/h5-10,12H,4,11H2,1-3H3,(H,22,24)(H2,21,23,25,27). The number of nitrogens with one attached hydrogen (secondary N) is 3. The Hall–Kier alpha value is -2.93. The van der Waals surface area contributed by atoms with E-state index in [1.54, 1.807) is 32.2 Å². The van der Waals surface area contributed by atoms with Gasteiger partial charge in [0.05, 0.1) is 13.5 Å². The van der Waals surface area contributed by atoms with Crippen LogP contribution in [0.2, 0.25) is 0 Å². The predicted molar refractivity (Wildman–Crippen MR) is 111 cm³/mol. The van der Waals surface area contributed by atoms with Crippen molar-refractivity contribution in [2.24, 2.45) is 0 Å². The lowest BCUT2D eigenvalue weighted by Crippen LogP contribution is -2.35.